The fraction of sp³-hybridized carbons (Fsp3) is 0.657. The van der Waals surface area contributed by atoms with Crippen LogP contribution in [0.3, 0.4) is 0 Å². The Balaban J connectivity index is 1.09. The van der Waals surface area contributed by atoms with Crippen LogP contribution in [-0.4, -0.2) is 25.6 Å². The minimum Gasteiger partial charge on any atom is -0.432 e. The van der Waals surface area contributed by atoms with Gasteiger partial charge in [-0.2, -0.15) is 22.0 Å². The highest BCUT2D eigenvalue weighted by atomic mass is 19.4. The zero-order valence-corrected chi connectivity index (χ0v) is 25.7. The Hall–Kier alpha value is -2.33. The van der Waals surface area contributed by atoms with Crippen LogP contribution >= 0.6 is 0 Å². The molecule has 1 heterocycles. The zero-order chi connectivity index (χ0) is 32.2. The fourth-order valence-electron chi connectivity index (χ4n) is 7.30. The van der Waals surface area contributed by atoms with Gasteiger partial charge in [0.1, 0.15) is 17.4 Å². The maximum absolute atomic E-state index is 15.3. The zero-order valence-electron chi connectivity index (χ0n) is 25.7. The smallest absolute Gasteiger partial charge is 0.419 e. The molecule has 3 fully saturated rings. The number of ether oxygens (including phenoxy) is 3. The van der Waals surface area contributed by atoms with Crippen LogP contribution in [0.5, 0.6) is 5.75 Å². The van der Waals surface area contributed by atoms with Crippen LogP contribution in [0.4, 0.5) is 30.7 Å². The molecule has 0 amide bonds. The molecule has 5 rings (SSSR count). The molecule has 0 unspecified atom stereocenters. The number of hydrogen-bond donors (Lipinski definition) is 0. The van der Waals surface area contributed by atoms with E-state index in [1.165, 1.54) is 19.3 Å². The van der Waals surface area contributed by atoms with Crippen LogP contribution in [0.1, 0.15) is 112 Å². The highest BCUT2D eigenvalue weighted by molar-refractivity contribution is 5.32. The summed E-state index contributed by atoms with van der Waals surface area (Å²) in [5.74, 6) is -3.05. The van der Waals surface area contributed by atoms with Crippen molar-refractivity contribution in [2.45, 2.75) is 114 Å². The van der Waals surface area contributed by atoms with E-state index in [9.17, 15) is 26.3 Å². The Morgan fingerprint density at radius 2 is 1.42 bits per heavy atom. The van der Waals surface area contributed by atoms with Crippen molar-refractivity contribution in [2.24, 2.45) is 17.8 Å². The summed E-state index contributed by atoms with van der Waals surface area (Å²) in [4.78, 5) is 0. The van der Waals surface area contributed by atoms with E-state index in [0.717, 1.165) is 50.9 Å². The first-order valence-electron chi connectivity index (χ1n) is 16.4. The molecule has 0 spiro atoms. The number of rotatable bonds is 10. The molecule has 3 nitrogen and oxygen atoms in total. The van der Waals surface area contributed by atoms with Crippen LogP contribution in [0.2, 0.25) is 0 Å². The first kappa shape index (κ1) is 34.0. The quantitative estimate of drug-likeness (QED) is 0.190. The van der Waals surface area contributed by atoms with Gasteiger partial charge in [-0.25, -0.2) is 8.78 Å². The van der Waals surface area contributed by atoms with E-state index in [4.69, 9.17) is 9.47 Å². The predicted octanol–water partition coefficient (Wildman–Crippen LogP) is 10.8. The molecule has 0 bridgehead atoms. The van der Waals surface area contributed by atoms with Crippen LogP contribution in [0, 0.1) is 29.4 Å². The molecule has 0 atom stereocenters. The third kappa shape index (κ3) is 8.53. The lowest BCUT2D eigenvalue weighted by Crippen LogP contribution is -2.38. The Kier molecular flexibility index (Phi) is 11.0. The molecular weight excluding hydrogens is 601 g/mol. The van der Waals surface area contributed by atoms with Crippen molar-refractivity contribution in [1.29, 1.82) is 0 Å². The molecule has 2 aliphatic carbocycles. The van der Waals surface area contributed by atoms with Crippen LogP contribution < -0.4 is 4.74 Å². The lowest BCUT2D eigenvalue weighted by atomic mass is 9.76. The van der Waals surface area contributed by atoms with E-state index in [1.807, 2.05) is 6.07 Å². The number of halogens is 7. The number of unbranched alkanes of at least 4 members (excludes halogenated alkanes) is 2. The number of benzene rings is 2. The molecule has 2 aromatic carbocycles. The molecule has 0 aromatic heterocycles. The minimum absolute atomic E-state index is 0.0385. The lowest BCUT2D eigenvalue weighted by Gasteiger charge is -2.38. The second-order valence-electron chi connectivity index (χ2n) is 13.1. The molecule has 1 saturated heterocycles. The highest BCUT2D eigenvalue weighted by Crippen LogP contribution is 2.45. The van der Waals surface area contributed by atoms with Gasteiger partial charge in [-0.05, 0) is 98.9 Å². The molecule has 0 radical (unpaired) electrons. The minimum atomic E-state index is -4.94. The van der Waals surface area contributed by atoms with Crippen molar-refractivity contribution in [3.05, 3.63) is 64.7 Å². The van der Waals surface area contributed by atoms with Crippen LogP contribution in [0.25, 0.3) is 0 Å². The number of hydrogen-bond acceptors (Lipinski definition) is 3. The maximum Gasteiger partial charge on any atom is 0.419 e. The van der Waals surface area contributed by atoms with Gasteiger partial charge in [-0.15, -0.1) is 0 Å². The van der Waals surface area contributed by atoms with Gasteiger partial charge in [0.25, 0.3) is 0 Å². The predicted molar refractivity (Wildman–Crippen MR) is 156 cm³/mol. The summed E-state index contributed by atoms with van der Waals surface area (Å²) in [5.41, 5.74) is -0.0832. The summed E-state index contributed by atoms with van der Waals surface area (Å²) in [5, 5.41) is 0. The topological polar surface area (TPSA) is 27.7 Å². The third-order valence-electron chi connectivity index (χ3n) is 10.0. The normalized spacial score (nSPS) is 28.2. The van der Waals surface area contributed by atoms with Crippen LogP contribution in [0.15, 0.2) is 36.4 Å². The maximum atomic E-state index is 15.3. The van der Waals surface area contributed by atoms with Crippen molar-refractivity contribution in [2.75, 3.05) is 13.2 Å². The molecule has 2 saturated carbocycles. The van der Waals surface area contributed by atoms with Gasteiger partial charge < -0.3 is 14.2 Å². The van der Waals surface area contributed by atoms with Crippen molar-refractivity contribution in [1.82, 2.24) is 0 Å². The second kappa shape index (κ2) is 14.6. The molecule has 2 aromatic rings. The number of alkyl halides is 5. The summed E-state index contributed by atoms with van der Waals surface area (Å²) >= 11 is 0. The molecule has 0 N–H and O–H groups in total. The monoisotopic (exact) mass is 644 g/mol. The average Bonchev–Trinajstić information content (AvgIpc) is 3.01. The Morgan fingerprint density at radius 3 is 2.02 bits per heavy atom. The summed E-state index contributed by atoms with van der Waals surface area (Å²) in [6.45, 7) is 3.71. The summed E-state index contributed by atoms with van der Waals surface area (Å²) in [6.07, 6.45) is 0.468. The summed E-state index contributed by atoms with van der Waals surface area (Å²) in [6, 6.07) is 6.75. The third-order valence-corrected chi connectivity index (χ3v) is 10.0. The first-order chi connectivity index (χ1) is 21.4. The van der Waals surface area contributed by atoms with Gasteiger partial charge in [0.05, 0.1) is 24.7 Å². The molecular formula is C35H43F7O3. The van der Waals surface area contributed by atoms with Gasteiger partial charge in [0.15, 0.2) is 6.29 Å². The Morgan fingerprint density at radius 1 is 0.756 bits per heavy atom. The van der Waals surface area contributed by atoms with Gasteiger partial charge >= 0.3 is 12.3 Å². The summed E-state index contributed by atoms with van der Waals surface area (Å²) in [7, 11) is 0. The molecule has 3 aliphatic rings. The van der Waals surface area contributed by atoms with E-state index >= 15 is 4.39 Å². The van der Waals surface area contributed by atoms with Crippen molar-refractivity contribution in [3.63, 3.8) is 0 Å². The highest BCUT2D eigenvalue weighted by Gasteiger charge is 2.45. The van der Waals surface area contributed by atoms with Crippen molar-refractivity contribution < 1.29 is 44.9 Å². The average molecular weight is 645 g/mol. The van der Waals surface area contributed by atoms with Crippen LogP contribution in [-0.2, 0) is 15.7 Å². The standard InChI is InChI=1S/C35H43F7O3/c1-2-3-4-5-22-20-43-33(44-21-22)25-8-6-23(7-9-25)26-12-16-29(31(36)18-26)24-10-13-27(14-11-24)35(41,42)45-28-15-17-30(32(37)19-28)34(38,39)40/h12,15-19,22-25,27,33H,2-11,13-14,20-21H2,1H3. The van der Waals surface area contributed by atoms with E-state index in [2.05, 4.69) is 11.7 Å². The summed E-state index contributed by atoms with van der Waals surface area (Å²) < 4.78 is 114. The molecule has 1 aliphatic heterocycles. The largest absolute Gasteiger partial charge is 0.432 e. The molecule has 10 heteroatoms. The Labute approximate surface area is 260 Å². The Bertz CT molecular complexity index is 1240. The van der Waals surface area contributed by atoms with Gasteiger partial charge in [0, 0.05) is 17.9 Å². The fourth-order valence-corrected chi connectivity index (χ4v) is 7.30. The van der Waals surface area contributed by atoms with Gasteiger partial charge in [-0.1, -0.05) is 38.3 Å². The van der Waals surface area contributed by atoms with E-state index in [1.54, 1.807) is 12.1 Å². The van der Waals surface area contributed by atoms with E-state index in [-0.39, 0.29) is 36.8 Å². The second-order valence-corrected chi connectivity index (χ2v) is 13.1. The first-order valence-corrected chi connectivity index (χ1v) is 16.4. The van der Waals surface area contributed by atoms with Crippen molar-refractivity contribution >= 4 is 0 Å². The van der Waals surface area contributed by atoms with Gasteiger partial charge in [0.2, 0.25) is 0 Å². The van der Waals surface area contributed by atoms with E-state index < -0.39 is 35.3 Å². The SMILES string of the molecule is CCCCCC1COC(C2CCC(c3ccc(C4CCC(C(F)(F)Oc5ccc(C(F)(F)F)c(F)c5)CC4)c(F)c3)CC2)OC1. The van der Waals surface area contributed by atoms with E-state index in [0.29, 0.717) is 48.4 Å². The van der Waals surface area contributed by atoms with Crippen molar-refractivity contribution in [3.8, 4) is 5.75 Å². The van der Waals surface area contributed by atoms with Gasteiger partial charge in [-0.3, -0.25) is 0 Å². The molecule has 250 valence electrons. The lowest BCUT2D eigenvalue weighted by molar-refractivity contribution is -0.229. The molecule has 45 heavy (non-hydrogen) atoms.